The Balaban J connectivity index is 1.93. The quantitative estimate of drug-likeness (QED) is 0.108. The van der Waals surface area contributed by atoms with Crippen molar-refractivity contribution in [3.63, 3.8) is 0 Å². The Morgan fingerprint density at radius 1 is 0.829 bits per heavy atom. The number of non-ortho nitro benzene ring substituents is 1. The van der Waals surface area contributed by atoms with E-state index in [9.17, 15) is 43.3 Å². The maximum Gasteiger partial charge on any atom is 0.319 e. The molecule has 0 saturated carbocycles. The van der Waals surface area contributed by atoms with Crippen LogP contribution in [0.15, 0.2) is 73.2 Å². The number of hydrogen-bond acceptors (Lipinski definition) is 13. The lowest BCUT2D eigenvalue weighted by atomic mass is 10.2. The molecule has 0 unspecified atom stereocenters. The minimum Gasteiger partial charge on any atom is -0.501 e. The van der Waals surface area contributed by atoms with E-state index in [1.165, 1.54) is 12.1 Å². The van der Waals surface area contributed by atoms with E-state index in [2.05, 4.69) is 21.1 Å². The Bertz CT molecular complexity index is 1680. The number of nitrogens with zero attached hydrogens (tertiary/aromatic N) is 4. The molecule has 0 saturated heterocycles. The summed E-state index contributed by atoms with van der Waals surface area (Å²) in [6.45, 7) is 0. The Kier molecular flexibility index (Phi) is 6.65. The van der Waals surface area contributed by atoms with Crippen LogP contribution in [0.5, 0.6) is 5.75 Å². The molecule has 0 bridgehead atoms. The summed E-state index contributed by atoms with van der Waals surface area (Å²) < 4.78 is 31.0. The Labute approximate surface area is 192 Å². The molecular weight excluding hydrogens is 492 g/mol. The highest BCUT2D eigenvalue weighted by Crippen LogP contribution is 2.37. The number of benzene rings is 3. The number of nitro groups is 2. The third-order valence-electron chi connectivity index (χ3n) is 4.31. The van der Waals surface area contributed by atoms with Crippen LogP contribution in [0.25, 0.3) is 0 Å². The highest BCUT2D eigenvalue weighted by atomic mass is 32.2. The Morgan fingerprint density at radius 3 is 1.86 bits per heavy atom. The number of rotatable bonds is 7. The lowest BCUT2D eigenvalue weighted by molar-refractivity contribution is -0.394. The van der Waals surface area contributed by atoms with E-state index >= 15 is 0 Å². The predicted octanol–water partition coefficient (Wildman–Crippen LogP) is -0.0931. The van der Waals surface area contributed by atoms with Crippen LogP contribution in [-0.2, 0) is 10.1 Å². The highest BCUT2D eigenvalue weighted by Gasteiger charge is 2.23. The molecular formula is C18H12N6O10S. The maximum atomic E-state index is 12.3. The topological polar surface area (TPSA) is 244 Å². The second-order valence-corrected chi connectivity index (χ2v) is 8.01. The van der Waals surface area contributed by atoms with Crippen LogP contribution < -0.4 is 32.4 Å². The van der Waals surface area contributed by atoms with Crippen molar-refractivity contribution in [3.8, 4) is 5.75 Å². The molecule has 0 spiro atoms. The van der Waals surface area contributed by atoms with Gasteiger partial charge in [-0.25, -0.2) is 0 Å². The van der Waals surface area contributed by atoms with E-state index < -0.39 is 59.0 Å². The SMILES string of the molecule is O=c1c(=NNc2ccc(S(=O)(=O)O)cc2)ccc(=NNc2cc([N+](=O)[O-])cc([N+](=O)[O-])c2O)c1=O. The maximum absolute atomic E-state index is 12.3. The fourth-order valence-corrected chi connectivity index (χ4v) is 3.08. The lowest BCUT2D eigenvalue weighted by Gasteiger charge is -2.04. The summed E-state index contributed by atoms with van der Waals surface area (Å²) in [5, 5.41) is 38.4. The van der Waals surface area contributed by atoms with Gasteiger partial charge in [0.2, 0.25) is 5.75 Å². The fraction of sp³-hybridized carbons (Fsp3) is 0. The van der Waals surface area contributed by atoms with Crippen molar-refractivity contribution in [1.29, 1.82) is 0 Å². The summed E-state index contributed by atoms with van der Waals surface area (Å²) in [5.74, 6) is -0.977. The van der Waals surface area contributed by atoms with Crippen molar-refractivity contribution in [2.24, 2.45) is 10.2 Å². The van der Waals surface area contributed by atoms with E-state index in [1.807, 2.05) is 0 Å². The van der Waals surface area contributed by atoms with E-state index in [0.29, 0.717) is 6.07 Å². The number of nitrogens with one attached hydrogen (secondary N) is 2. The number of hydrogen-bond donors (Lipinski definition) is 4. The summed E-state index contributed by atoms with van der Waals surface area (Å²) in [5.41, 5.74) is 0.224. The van der Waals surface area contributed by atoms with Crippen LogP contribution in [0, 0.1) is 20.2 Å². The van der Waals surface area contributed by atoms with Gasteiger partial charge < -0.3 is 5.11 Å². The number of aromatic hydroxyl groups is 1. The minimum atomic E-state index is -4.39. The van der Waals surface area contributed by atoms with Crippen molar-refractivity contribution >= 4 is 32.9 Å². The molecule has 4 N–H and O–H groups in total. The van der Waals surface area contributed by atoms with Gasteiger partial charge in [0.15, 0.2) is 0 Å². The second-order valence-electron chi connectivity index (χ2n) is 6.58. The van der Waals surface area contributed by atoms with Crippen molar-refractivity contribution in [2.75, 3.05) is 10.9 Å². The summed E-state index contributed by atoms with van der Waals surface area (Å²) in [6, 6.07) is 8.07. The monoisotopic (exact) mass is 504 g/mol. The van der Waals surface area contributed by atoms with Gasteiger partial charge in [-0.1, -0.05) is 0 Å². The first kappa shape index (κ1) is 24.6. The third kappa shape index (κ3) is 5.49. The van der Waals surface area contributed by atoms with E-state index in [0.717, 1.165) is 30.3 Å². The molecule has 0 radical (unpaired) electrons. The average Bonchev–Trinajstić information content (AvgIpc) is 2.79. The number of phenols is 1. The van der Waals surface area contributed by atoms with E-state index in [4.69, 9.17) is 4.55 Å². The number of nitro benzene ring substituents is 2. The first-order valence-corrected chi connectivity index (χ1v) is 10.5. The van der Waals surface area contributed by atoms with Crippen LogP contribution in [0.4, 0.5) is 22.7 Å². The van der Waals surface area contributed by atoms with Gasteiger partial charge in [-0.05, 0) is 36.4 Å². The van der Waals surface area contributed by atoms with Gasteiger partial charge in [0.25, 0.3) is 26.7 Å². The summed E-state index contributed by atoms with van der Waals surface area (Å²) in [7, 11) is -4.39. The van der Waals surface area contributed by atoms with Gasteiger partial charge in [-0.2, -0.15) is 18.6 Å². The molecule has 35 heavy (non-hydrogen) atoms. The van der Waals surface area contributed by atoms with Crippen LogP contribution in [-0.4, -0.2) is 27.9 Å². The van der Waals surface area contributed by atoms with Gasteiger partial charge in [-0.15, -0.1) is 0 Å². The second kappa shape index (κ2) is 9.45. The molecule has 0 amide bonds. The smallest absolute Gasteiger partial charge is 0.319 e. The molecule has 0 aliphatic rings. The summed E-state index contributed by atoms with van der Waals surface area (Å²) >= 11 is 0. The lowest BCUT2D eigenvalue weighted by Crippen LogP contribution is -2.47. The molecule has 0 atom stereocenters. The Morgan fingerprint density at radius 2 is 1.37 bits per heavy atom. The van der Waals surface area contributed by atoms with Gasteiger partial charge in [0, 0.05) is 6.07 Å². The molecule has 17 heteroatoms. The van der Waals surface area contributed by atoms with Crippen molar-refractivity contribution in [2.45, 2.75) is 4.90 Å². The third-order valence-corrected chi connectivity index (χ3v) is 5.17. The molecule has 3 aromatic rings. The number of phenolic OH excluding ortho intramolecular Hbond substituents is 1. The van der Waals surface area contributed by atoms with Gasteiger partial charge in [-0.3, -0.25) is 45.2 Å². The van der Waals surface area contributed by atoms with Crippen molar-refractivity contribution < 1.29 is 27.9 Å². The van der Waals surface area contributed by atoms with Gasteiger partial charge >= 0.3 is 5.69 Å². The minimum absolute atomic E-state index is 0.224. The van der Waals surface area contributed by atoms with E-state index in [-0.39, 0.29) is 15.9 Å². The van der Waals surface area contributed by atoms with Gasteiger partial charge in [0.05, 0.1) is 26.5 Å². The Hall–Kier alpha value is -5.03. The highest BCUT2D eigenvalue weighted by molar-refractivity contribution is 7.85. The van der Waals surface area contributed by atoms with Crippen LogP contribution in [0.1, 0.15) is 0 Å². The van der Waals surface area contributed by atoms with Crippen LogP contribution in [0.3, 0.4) is 0 Å². The van der Waals surface area contributed by atoms with Crippen molar-refractivity contribution in [3.05, 3.63) is 99.9 Å². The molecule has 3 aromatic carbocycles. The molecule has 0 aliphatic carbocycles. The zero-order valence-corrected chi connectivity index (χ0v) is 17.8. The molecule has 0 heterocycles. The van der Waals surface area contributed by atoms with Gasteiger partial charge in [0.1, 0.15) is 16.4 Å². The molecule has 0 aromatic heterocycles. The zero-order chi connectivity index (χ0) is 25.9. The average molecular weight is 504 g/mol. The number of anilines is 2. The first-order valence-electron chi connectivity index (χ1n) is 9.06. The molecule has 3 rings (SSSR count). The first-order chi connectivity index (χ1) is 16.4. The summed E-state index contributed by atoms with van der Waals surface area (Å²) in [6.07, 6.45) is 0. The van der Waals surface area contributed by atoms with Crippen LogP contribution >= 0.6 is 0 Å². The molecule has 0 fully saturated rings. The zero-order valence-electron chi connectivity index (χ0n) is 17.0. The van der Waals surface area contributed by atoms with Crippen molar-refractivity contribution in [1.82, 2.24) is 0 Å². The van der Waals surface area contributed by atoms with E-state index in [1.54, 1.807) is 0 Å². The normalized spacial score (nSPS) is 12.4. The molecule has 0 aliphatic heterocycles. The predicted molar refractivity (Wildman–Crippen MR) is 117 cm³/mol. The fourth-order valence-electron chi connectivity index (χ4n) is 2.60. The summed E-state index contributed by atoms with van der Waals surface area (Å²) in [4.78, 5) is 44.2. The molecule has 16 nitrogen and oxygen atoms in total. The standard InChI is InChI=1S/C18H12N6O10S/c25-16-14(7-10(23(28)29)8-15(16)24(30)31)22-21-13-6-5-12(17(26)18(13)27)20-19-9-1-3-11(4-2-9)35(32,33)34/h1-8,19,22,25H,(H,32,33,34). The molecule has 180 valence electrons. The van der Waals surface area contributed by atoms with Crippen LogP contribution in [0.2, 0.25) is 0 Å². The largest absolute Gasteiger partial charge is 0.501 e.